The molecule has 0 radical (unpaired) electrons. The first kappa shape index (κ1) is 15.8. The average Bonchev–Trinajstić information content (AvgIpc) is 3.06. The third kappa shape index (κ3) is 2.27. The van der Waals surface area contributed by atoms with Crippen LogP contribution < -0.4 is 0 Å². The molecule has 2 aliphatic heterocycles. The van der Waals surface area contributed by atoms with Crippen LogP contribution in [0.5, 0.6) is 0 Å². The van der Waals surface area contributed by atoms with Crippen molar-refractivity contribution < 1.29 is 0 Å². The van der Waals surface area contributed by atoms with Crippen molar-refractivity contribution in [2.75, 3.05) is 7.05 Å². The molecular formula is C23H25N3. The summed E-state index contributed by atoms with van der Waals surface area (Å²) in [6.07, 6.45) is 9.82. The van der Waals surface area contributed by atoms with E-state index in [1.165, 1.54) is 46.1 Å². The standard InChI is InChI=1S/C23H25N3/c1-15-4-6-20-19(12-15)23-21-7-5-18(25(21)3)13-22(23)26(20)14-16(2)17-8-10-24-11-9-17/h4,6,8-12,14,18,21H,5,7,13H2,1-3H3/b16-14+. The molecule has 2 unspecified atom stereocenters. The minimum absolute atomic E-state index is 0.573. The van der Waals surface area contributed by atoms with Crippen LogP contribution in [0.25, 0.3) is 22.7 Å². The third-order valence-electron chi connectivity index (χ3n) is 6.36. The molecule has 3 nitrogen and oxygen atoms in total. The Labute approximate surface area is 155 Å². The van der Waals surface area contributed by atoms with Crippen LogP contribution in [0.4, 0.5) is 0 Å². The van der Waals surface area contributed by atoms with Gasteiger partial charge < -0.3 is 4.57 Å². The SMILES string of the molecule is C/C(=C\n1c2c(c3cc(C)ccc31)C1CCC(C2)N1C)c1ccncc1. The Morgan fingerprint density at radius 2 is 1.96 bits per heavy atom. The molecule has 0 aliphatic carbocycles. The fourth-order valence-electron chi connectivity index (χ4n) is 4.95. The maximum Gasteiger partial charge on any atom is 0.0529 e. The van der Waals surface area contributed by atoms with Crippen molar-refractivity contribution in [3.63, 3.8) is 0 Å². The number of benzene rings is 1. The van der Waals surface area contributed by atoms with Crippen molar-refractivity contribution in [2.24, 2.45) is 0 Å². The second-order valence-electron chi connectivity index (χ2n) is 7.92. The molecule has 0 N–H and O–H groups in total. The van der Waals surface area contributed by atoms with E-state index >= 15 is 0 Å². The van der Waals surface area contributed by atoms with Gasteiger partial charge in [0.25, 0.3) is 0 Å². The molecule has 3 heteroatoms. The third-order valence-corrected chi connectivity index (χ3v) is 6.36. The Balaban J connectivity index is 1.75. The number of fused-ring (bicyclic) bond motifs is 6. The average molecular weight is 343 g/mol. The summed E-state index contributed by atoms with van der Waals surface area (Å²) >= 11 is 0. The predicted molar refractivity (Wildman–Crippen MR) is 108 cm³/mol. The molecule has 132 valence electrons. The van der Waals surface area contributed by atoms with Crippen molar-refractivity contribution >= 4 is 22.7 Å². The molecule has 2 atom stereocenters. The lowest BCUT2D eigenvalue weighted by molar-refractivity contribution is 0.223. The summed E-state index contributed by atoms with van der Waals surface area (Å²) in [5.74, 6) is 0. The molecule has 1 saturated heterocycles. The lowest BCUT2D eigenvalue weighted by Gasteiger charge is -2.32. The van der Waals surface area contributed by atoms with Crippen LogP contribution in [-0.2, 0) is 6.42 Å². The number of allylic oxidation sites excluding steroid dienone is 1. The molecule has 0 spiro atoms. The fourth-order valence-corrected chi connectivity index (χ4v) is 4.95. The summed E-state index contributed by atoms with van der Waals surface area (Å²) < 4.78 is 2.47. The van der Waals surface area contributed by atoms with Gasteiger partial charge in [-0.3, -0.25) is 9.88 Å². The molecule has 26 heavy (non-hydrogen) atoms. The van der Waals surface area contributed by atoms with Crippen molar-refractivity contribution in [1.29, 1.82) is 0 Å². The number of hydrogen-bond donors (Lipinski definition) is 0. The van der Waals surface area contributed by atoms with E-state index < -0.39 is 0 Å². The molecule has 1 fully saturated rings. The number of pyridine rings is 1. The second kappa shape index (κ2) is 5.82. The van der Waals surface area contributed by atoms with Crippen LogP contribution in [0.3, 0.4) is 0 Å². The first-order valence-corrected chi connectivity index (χ1v) is 9.57. The van der Waals surface area contributed by atoms with E-state index in [1.54, 1.807) is 5.56 Å². The highest BCUT2D eigenvalue weighted by Gasteiger charge is 2.40. The first-order chi connectivity index (χ1) is 12.6. The Hall–Kier alpha value is -2.39. The summed E-state index contributed by atoms with van der Waals surface area (Å²) in [6.45, 7) is 4.40. The van der Waals surface area contributed by atoms with E-state index in [-0.39, 0.29) is 0 Å². The van der Waals surface area contributed by atoms with E-state index in [4.69, 9.17) is 0 Å². The van der Waals surface area contributed by atoms with Gasteiger partial charge in [-0.15, -0.1) is 0 Å². The number of aromatic nitrogens is 2. The van der Waals surface area contributed by atoms with Crippen LogP contribution >= 0.6 is 0 Å². The summed E-state index contributed by atoms with van der Waals surface area (Å²) in [7, 11) is 2.31. The van der Waals surface area contributed by atoms with Gasteiger partial charge in [0.1, 0.15) is 0 Å². The van der Waals surface area contributed by atoms with Crippen LogP contribution in [0.1, 0.15) is 48.2 Å². The minimum Gasteiger partial charge on any atom is -0.320 e. The van der Waals surface area contributed by atoms with Gasteiger partial charge in [-0.25, -0.2) is 0 Å². The molecule has 2 aromatic heterocycles. The quantitative estimate of drug-likeness (QED) is 0.649. The number of nitrogens with zero attached hydrogens (tertiary/aromatic N) is 3. The minimum atomic E-state index is 0.573. The van der Waals surface area contributed by atoms with Gasteiger partial charge in [-0.1, -0.05) is 11.6 Å². The normalized spacial score (nSPS) is 22.8. The Morgan fingerprint density at radius 1 is 1.15 bits per heavy atom. The lowest BCUT2D eigenvalue weighted by atomic mass is 9.97. The van der Waals surface area contributed by atoms with Crippen molar-refractivity contribution in [2.45, 2.75) is 45.2 Å². The molecule has 4 heterocycles. The zero-order valence-electron chi connectivity index (χ0n) is 15.7. The van der Waals surface area contributed by atoms with Gasteiger partial charge in [0.05, 0.1) is 5.52 Å². The van der Waals surface area contributed by atoms with E-state index in [0.717, 1.165) is 6.42 Å². The van der Waals surface area contributed by atoms with E-state index in [0.29, 0.717) is 12.1 Å². The molecule has 2 aliphatic rings. The topological polar surface area (TPSA) is 21.1 Å². The molecule has 5 rings (SSSR count). The lowest BCUT2D eigenvalue weighted by Crippen LogP contribution is -2.34. The Bertz CT molecular complexity index is 1010. The monoisotopic (exact) mass is 343 g/mol. The van der Waals surface area contributed by atoms with Gasteiger partial charge in [-0.05, 0) is 74.7 Å². The second-order valence-corrected chi connectivity index (χ2v) is 7.92. The van der Waals surface area contributed by atoms with Gasteiger partial charge in [0.15, 0.2) is 0 Å². The zero-order valence-corrected chi connectivity index (χ0v) is 15.7. The highest BCUT2D eigenvalue weighted by molar-refractivity contribution is 5.91. The maximum atomic E-state index is 4.15. The molecule has 3 aromatic rings. The van der Waals surface area contributed by atoms with E-state index in [9.17, 15) is 0 Å². The van der Waals surface area contributed by atoms with Gasteiger partial charge in [0.2, 0.25) is 0 Å². The molecular weight excluding hydrogens is 318 g/mol. The largest absolute Gasteiger partial charge is 0.320 e. The summed E-state index contributed by atoms with van der Waals surface area (Å²) in [5, 5.41) is 1.44. The number of aryl methyl sites for hydroxylation is 1. The van der Waals surface area contributed by atoms with E-state index in [1.807, 2.05) is 12.4 Å². The fraction of sp³-hybridized carbons (Fsp3) is 0.348. The molecule has 0 saturated carbocycles. The van der Waals surface area contributed by atoms with Crippen LogP contribution in [-0.4, -0.2) is 27.5 Å². The smallest absolute Gasteiger partial charge is 0.0529 e. The number of hydrogen-bond acceptors (Lipinski definition) is 2. The summed E-state index contributed by atoms with van der Waals surface area (Å²) in [4.78, 5) is 6.76. The van der Waals surface area contributed by atoms with Gasteiger partial charge >= 0.3 is 0 Å². The number of likely N-dealkylation sites (N-methyl/N-ethyl adjacent to an activating group) is 1. The van der Waals surface area contributed by atoms with Crippen LogP contribution in [0.2, 0.25) is 0 Å². The van der Waals surface area contributed by atoms with E-state index in [2.05, 4.69) is 71.9 Å². The van der Waals surface area contributed by atoms with Gasteiger partial charge in [-0.2, -0.15) is 0 Å². The Kier molecular flexibility index (Phi) is 3.54. The zero-order chi connectivity index (χ0) is 17.8. The van der Waals surface area contributed by atoms with Crippen LogP contribution in [0.15, 0.2) is 42.7 Å². The highest BCUT2D eigenvalue weighted by Crippen LogP contribution is 2.47. The van der Waals surface area contributed by atoms with Crippen LogP contribution in [0, 0.1) is 6.92 Å². The Morgan fingerprint density at radius 3 is 2.77 bits per heavy atom. The summed E-state index contributed by atoms with van der Waals surface area (Å²) in [6, 6.07) is 12.4. The predicted octanol–water partition coefficient (Wildman–Crippen LogP) is 5.05. The van der Waals surface area contributed by atoms with Crippen molar-refractivity contribution in [3.8, 4) is 0 Å². The van der Waals surface area contributed by atoms with Crippen molar-refractivity contribution in [1.82, 2.24) is 14.5 Å². The maximum absolute atomic E-state index is 4.15. The molecule has 1 aromatic carbocycles. The summed E-state index contributed by atoms with van der Waals surface area (Å²) in [5.41, 5.74) is 8.28. The number of rotatable bonds is 2. The molecule has 2 bridgehead atoms. The highest BCUT2D eigenvalue weighted by atomic mass is 15.2. The first-order valence-electron chi connectivity index (χ1n) is 9.57. The molecule has 0 amide bonds. The van der Waals surface area contributed by atoms with Gasteiger partial charge in [0, 0.05) is 48.2 Å². The van der Waals surface area contributed by atoms with Crippen molar-refractivity contribution in [3.05, 3.63) is 65.1 Å².